The highest BCUT2D eigenvalue weighted by molar-refractivity contribution is 7.18. The van der Waals surface area contributed by atoms with Gasteiger partial charge >= 0.3 is 0 Å². The van der Waals surface area contributed by atoms with Gasteiger partial charge in [-0.1, -0.05) is 37.1 Å². The van der Waals surface area contributed by atoms with Gasteiger partial charge in [0.25, 0.3) is 0 Å². The third kappa shape index (κ3) is 4.82. The van der Waals surface area contributed by atoms with Gasteiger partial charge in [-0.3, -0.25) is 9.59 Å². The smallest absolute Gasteiger partial charge is 0.247 e. The van der Waals surface area contributed by atoms with E-state index in [0.717, 1.165) is 53.9 Å². The van der Waals surface area contributed by atoms with Crippen molar-refractivity contribution in [1.82, 2.24) is 10.3 Å². The van der Waals surface area contributed by atoms with Crippen molar-refractivity contribution in [3.05, 3.63) is 59.1 Å². The van der Waals surface area contributed by atoms with E-state index in [1.807, 2.05) is 42.5 Å². The summed E-state index contributed by atoms with van der Waals surface area (Å²) in [4.78, 5) is 29.0. The Morgan fingerprint density at radius 2 is 1.83 bits per heavy atom. The quantitative estimate of drug-likeness (QED) is 0.631. The number of hydrogen-bond acceptors (Lipinski definition) is 4. The van der Waals surface area contributed by atoms with Crippen molar-refractivity contribution < 1.29 is 9.59 Å². The highest BCUT2D eigenvalue weighted by Crippen LogP contribution is 2.29. The van der Waals surface area contributed by atoms with Gasteiger partial charge in [-0.2, -0.15) is 0 Å². The van der Waals surface area contributed by atoms with Gasteiger partial charge < -0.3 is 10.6 Å². The summed E-state index contributed by atoms with van der Waals surface area (Å²) in [5, 5.41) is 6.89. The van der Waals surface area contributed by atoms with Crippen molar-refractivity contribution in [3.63, 3.8) is 0 Å². The van der Waals surface area contributed by atoms with Crippen LogP contribution in [0.5, 0.6) is 0 Å². The fourth-order valence-corrected chi connectivity index (χ4v) is 5.00. The maximum Gasteiger partial charge on any atom is 0.247 e. The molecule has 1 heterocycles. The molecule has 4 rings (SSSR count). The Morgan fingerprint density at radius 3 is 2.52 bits per heavy atom. The molecular formula is C23H25N3O2S. The first-order valence-corrected chi connectivity index (χ1v) is 10.9. The van der Waals surface area contributed by atoms with E-state index in [2.05, 4.69) is 21.7 Å². The summed E-state index contributed by atoms with van der Waals surface area (Å²) in [5.74, 6) is -0.0773. The van der Waals surface area contributed by atoms with Gasteiger partial charge in [0.15, 0.2) is 0 Å². The van der Waals surface area contributed by atoms with Crippen molar-refractivity contribution >= 4 is 39.1 Å². The predicted molar refractivity (Wildman–Crippen MR) is 117 cm³/mol. The number of fused-ring (bicyclic) bond motifs is 1. The van der Waals surface area contributed by atoms with Crippen LogP contribution in [-0.4, -0.2) is 22.8 Å². The number of rotatable bonds is 6. The second kappa shape index (κ2) is 8.74. The van der Waals surface area contributed by atoms with Crippen molar-refractivity contribution in [1.29, 1.82) is 0 Å². The number of hydrogen-bond donors (Lipinski definition) is 2. The molecule has 6 heteroatoms. The average molecular weight is 408 g/mol. The van der Waals surface area contributed by atoms with Crippen LogP contribution in [0.25, 0.3) is 10.2 Å². The van der Waals surface area contributed by atoms with Gasteiger partial charge in [-0.25, -0.2) is 4.98 Å². The summed E-state index contributed by atoms with van der Waals surface area (Å²) in [7, 11) is 0. The van der Waals surface area contributed by atoms with E-state index < -0.39 is 6.04 Å². The van der Waals surface area contributed by atoms with Crippen molar-refractivity contribution in [3.8, 4) is 0 Å². The number of nitrogens with zero attached hydrogens (tertiary/aromatic N) is 1. The van der Waals surface area contributed by atoms with Crippen LogP contribution >= 0.6 is 11.3 Å². The Bertz CT molecular complexity index is 973. The molecule has 2 N–H and O–H groups in total. The summed E-state index contributed by atoms with van der Waals surface area (Å²) >= 11 is 1.71. The zero-order valence-corrected chi connectivity index (χ0v) is 17.3. The van der Waals surface area contributed by atoms with Crippen LogP contribution in [0.2, 0.25) is 0 Å². The number of carbonyl (C=O) groups is 2. The van der Waals surface area contributed by atoms with Crippen LogP contribution in [0, 0.1) is 5.92 Å². The summed E-state index contributed by atoms with van der Waals surface area (Å²) in [6.45, 7) is 1.46. The lowest BCUT2D eigenvalue weighted by Gasteiger charge is -2.23. The number of para-hydroxylation sites is 1. The van der Waals surface area contributed by atoms with E-state index in [-0.39, 0.29) is 17.7 Å². The first kappa shape index (κ1) is 19.6. The normalized spacial score (nSPS) is 15.3. The molecule has 150 valence electrons. The lowest BCUT2D eigenvalue weighted by molar-refractivity contribution is -0.126. The number of carbonyl (C=O) groups excluding carboxylic acids is 2. The van der Waals surface area contributed by atoms with Crippen LogP contribution in [0.1, 0.15) is 43.2 Å². The average Bonchev–Trinajstić information content (AvgIpc) is 3.36. The molecule has 0 spiro atoms. The largest absolute Gasteiger partial charge is 0.344 e. The Morgan fingerprint density at radius 1 is 1.10 bits per heavy atom. The molecule has 2 aromatic carbocycles. The zero-order valence-electron chi connectivity index (χ0n) is 16.5. The standard InChI is InChI=1S/C23H25N3O2S/c1-15(27)24-22(17-6-2-3-7-17)23(28)25-18-12-10-16(11-13-18)14-21-26-19-8-4-5-9-20(19)29-21/h4-5,8-13,17,22H,2-3,6-7,14H2,1H3,(H,24,27)(H,25,28). The molecule has 1 atom stereocenters. The highest BCUT2D eigenvalue weighted by Gasteiger charge is 2.31. The third-order valence-electron chi connectivity index (χ3n) is 5.43. The molecule has 2 amide bonds. The fourth-order valence-electron chi connectivity index (χ4n) is 4.00. The summed E-state index contributed by atoms with van der Waals surface area (Å²) in [6.07, 6.45) is 4.98. The lowest BCUT2D eigenvalue weighted by Crippen LogP contribution is -2.47. The molecule has 29 heavy (non-hydrogen) atoms. The topological polar surface area (TPSA) is 71.1 Å². The molecule has 1 aliphatic carbocycles. The lowest BCUT2D eigenvalue weighted by atomic mass is 9.97. The number of anilines is 1. The summed E-state index contributed by atoms with van der Waals surface area (Å²) in [5.41, 5.74) is 2.93. The minimum absolute atomic E-state index is 0.133. The van der Waals surface area contributed by atoms with Crippen molar-refractivity contribution in [2.45, 2.75) is 45.1 Å². The van der Waals surface area contributed by atoms with Crippen molar-refractivity contribution in [2.75, 3.05) is 5.32 Å². The predicted octanol–water partition coefficient (Wildman–Crippen LogP) is 4.52. The summed E-state index contributed by atoms with van der Waals surface area (Å²) < 4.78 is 1.20. The van der Waals surface area contributed by atoms with Gasteiger partial charge in [0, 0.05) is 19.0 Å². The van der Waals surface area contributed by atoms with Gasteiger partial charge in [0.05, 0.1) is 15.2 Å². The van der Waals surface area contributed by atoms with E-state index in [1.165, 1.54) is 11.6 Å². The molecule has 0 aliphatic heterocycles. The fraction of sp³-hybridized carbons (Fsp3) is 0.348. The van der Waals surface area contributed by atoms with Gasteiger partial charge in [0.1, 0.15) is 6.04 Å². The molecule has 5 nitrogen and oxygen atoms in total. The van der Waals surface area contributed by atoms with Crippen LogP contribution in [0.15, 0.2) is 48.5 Å². The van der Waals surface area contributed by atoms with E-state index >= 15 is 0 Å². The van der Waals surface area contributed by atoms with E-state index in [1.54, 1.807) is 11.3 Å². The molecule has 1 unspecified atom stereocenters. The van der Waals surface area contributed by atoms with Crippen LogP contribution in [-0.2, 0) is 16.0 Å². The SMILES string of the molecule is CC(=O)NC(C(=O)Nc1ccc(Cc2nc3ccccc3s2)cc1)C1CCCC1. The second-order valence-corrected chi connectivity index (χ2v) is 8.78. The number of amides is 2. The number of benzene rings is 2. The first-order valence-electron chi connectivity index (χ1n) is 10.1. The minimum atomic E-state index is -0.461. The molecule has 3 aromatic rings. The maximum atomic E-state index is 12.8. The molecule has 1 fully saturated rings. The van der Waals surface area contributed by atoms with E-state index in [9.17, 15) is 9.59 Å². The van der Waals surface area contributed by atoms with Gasteiger partial charge in [-0.05, 0) is 48.6 Å². The number of thiazole rings is 1. The molecule has 1 saturated carbocycles. The number of nitrogens with one attached hydrogen (secondary N) is 2. The van der Waals surface area contributed by atoms with Crippen LogP contribution in [0.3, 0.4) is 0 Å². The molecule has 0 radical (unpaired) electrons. The molecule has 1 aromatic heterocycles. The monoisotopic (exact) mass is 407 g/mol. The second-order valence-electron chi connectivity index (χ2n) is 7.66. The van der Waals surface area contributed by atoms with E-state index in [4.69, 9.17) is 0 Å². The Hall–Kier alpha value is -2.73. The number of aromatic nitrogens is 1. The Labute approximate surface area is 174 Å². The maximum absolute atomic E-state index is 12.8. The van der Waals surface area contributed by atoms with Crippen LogP contribution < -0.4 is 10.6 Å². The Balaban J connectivity index is 1.41. The first-order chi connectivity index (χ1) is 14.1. The third-order valence-corrected chi connectivity index (χ3v) is 6.46. The molecule has 1 aliphatic rings. The van der Waals surface area contributed by atoms with Crippen LogP contribution in [0.4, 0.5) is 5.69 Å². The highest BCUT2D eigenvalue weighted by atomic mass is 32.1. The summed E-state index contributed by atoms with van der Waals surface area (Å²) in [6, 6.07) is 15.6. The zero-order chi connectivity index (χ0) is 20.2. The van der Waals surface area contributed by atoms with Gasteiger partial charge in [-0.15, -0.1) is 11.3 Å². The molecular weight excluding hydrogens is 382 g/mol. The van der Waals surface area contributed by atoms with E-state index in [0.29, 0.717) is 0 Å². The van der Waals surface area contributed by atoms with Crippen molar-refractivity contribution in [2.24, 2.45) is 5.92 Å². The molecule has 0 saturated heterocycles. The molecule has 0 bridgehead atoms. The minimum Gasteiger partial charge on any atom is -0.344 e. The van der Waals surface area contributed by atoms with Gasteiger partial charge in [0.2, 0.25) is 11.8 Å². The Kier molecular flexibility index (Phi) is 5.90.